The molecule has 1 N–H and O–H groups in total. The Hall–Kier alpha value is -0.860. The first-order valence-electron chi connectivity index (χ1n) is 9.85. The molecule has 1 aromatic rings. The molecule has 27 heavy (non-hydrogen) atoms. The van der Waals surface area contributed by atoms with Gasteiger partial charge in [-0.3, -0.25) is 4.90 Å². The Labute approximate surface area is 182 Å². The van der Waals surface area contributed by atoms with Gasteiger partial charge in [0.15, 0.2) is 5.96 Å². The third kappa shape index (κ3) is 7.95. The van der Waals surface area contributed by atoms with E-state index in [-0.39, 0.29) is 24.0 Å². The van der Waals surface area contributed by atoms with Crippen LogP contribution in [0.3, 0.4) is 0 Å². The first-order valence-corrected chi connectivity index (χ1v) is 9.85. The molecule has 6 heteroatoms. The quantitative estimate of drug-likeness (QED) is 0.345. The number of hydrogen-bond donors (Lipinski definition) is 1. The molecule has 0 aromatic heterocycles. The molecular weight excluding hydrogens is 451 g/mol. The minimum absolute atomic E-state index is 0. The summed E-state index contributed by atoms with van der Waals surface area (Å²) in [5.74, 6) is 1.59. The monoisotopic (exact) mass is 488 g/mol. The average molecular weight is 488 g/mol. The Kier molecular flexibility index (Phi) is 11.3. The molecule has 0 aliphatic carbocycles. The van der Waals surface area contributed by atoms with Crippen LogP contribution in [0, 0.1) is 5.92 Å². The van der Waals surface area contributed by atoms with E-state index in [0.717, 1.165) is 45.2 Å². The largest absolute Gasteiger partial charge is 0.381 e. The molecule has 1 atom stereocenters. The van der Waals surface area contributed by atoms with Crippen molar-refractivity contribution in [3.63, 3.8) is 0 Å². The van der Waals surface area contributed by atoms with Gasteiger partial charge in [0.05, 0.1) is 13.2 Å². The summed E-state index contributed by atoms with van der Waals surface area (Å²) in [6, 6.07) is 9.17. The van der Waals surface area contributed by atoms with Gasteiger partial charge in [0, 0.05) is 45.2 Å². The van der Waals surface area contributed by atoms with E-state index in [1.807, 2.05) is 0 Å². The van der Waals surface area contributed by atoms with Crippen LogP contribution in [-0.2, 0) is 17.8 Å². The molecular formula is C21H37IN4O. The highest BCUT2D eigenvalue weighted by atomic mass is 127. The standard InChI is InChI=1S/C21H36N4O.HI/c1-6-22-21(25(5)14-18-11-12-26-16-18)23-13-19-9-7-8-10-20(19)15-24(4)17(2)3;/h7-10,17-18H,6,11-16H2,1-5H3,(H,22,23);1H. The minimum atomic E-state index is 0. The highest BCUT2D eigenvalue weighted by Gasteiger charge is 2.19. The smallest absolute Gasteiger partial charge is 0.193 e. The lowest BCUT2D eigenvalue weighted by molar-refractivity contribution is 0.181. The molecule has 1 fully saturated rings. The summed E-state index contributed by atoms with van der Waals surface area (Å²) in [4.78, 5) is 9.51. The predicted molar refractivity (Wildman–Crippen MR) is 125 cm³/mol. The SMILES string of the molecule is CCNC(=NCc1ccccc1CN(C)C(C)C)N(C)CC1CCOC1.I. The molecule has 1 aliphatic rings. The predicted octanol–water partition coefficient (Wildman–Crippen LogP) is 3.58. The van der Waals surface area contributed by atoms with Gasteiger partial charge in [0.1, 0.15) is 0 Å². The molecule has 0 spiro atoms. The number of hydrogen-bond acceptors (Lipinski definition) is 3. The molecule has 0 saturated carbocycles. The van der Waals surface area contributed by atoms with Crippen molar-refractivity contribution in [2.45, 2.75) is 46.3 Å². The lowest BCUT2D eigenvalue weighted by Gasteiger charge is -2.25. The summed E-state index contributed by atoms with van der Waals surface area (Å²) in [5, 5.41) is 3.43. The van der Waals surface area contributed by atoms with E-state index in [0.29, 0.717) is 18.5 Å². The zero-order valence-corrected chi connectivity index (χ0v) is 19.9. The highest BCUT2D eigenvalue weighted by molar-refractivity contribution is 14.0. The number of nitrogens with zero attached hydrogens (tertiary/aromatic N) is 3. The third-order valence-corrected chi connectivity index (χ3v) is 5.07. The van der Waals surface area contributed by atoms with E-state index >= 15 is 0 Å². The third-order valence-electron chi connectivity index (χ3n) is 5.07. The van der Waals surface area contributed by atoms with Crippen LogP contribution in [0.5, 0.6) is 0 Å². The molecule has 1 heterocycles. The van der Waals surface area contributed by atoms with Crippen molar-refractivity contribution >= 4 is 29.9 Å². The van der Waals surface area contributed by atoms with Crippen LogP contribution in [0.2, 0.25) is 0 Å². The van der Waals surface area contributed by atoms with Crippen LogP contribution in [0.15, 0.2) is 29.3 Å². The van der Waals surface area contributed by atoms with Crippen molar-refractivity contribution in [3.05, 3.63) is 35.4 Å². The lowest BCUT2D eigenvalue weighted by Crippen LogP contribution is -2.41. The molecule has 0 amide bonds. The Morgan fingerprint density at radius 1 is 1.26 bits per heavy atom. The van der Waals surface area contributed by atoms with E-state index in [4.69, 9.17) is 9.73 Å². The second-order valence-electron chi connectivity index (χ2n) is 7.56. The first kappa shape index (κ1) is 24.2. The number of ether oxygens (including phenoxy) is 1. The molecule has 5 nitrogen and oxygen atoms in total. The molecule has 154 valence electrons. The number of rotatable bonds is 8. The minimum Gasteiger partial charge on any atom is -0.381 e. The summed E-state index contributed by atoms with van der Waals surface area (Å²) >= 11 is 0. The molecule has 0 bridgehead atoms. The van der Waals surface area contributed by atoms with Crippen LogP contribution < -0.4 is 5.32 Å². The molecule has 1 saturated heterocycles. The fourth-order valence-electron chi connectivity index (χ4n) is 3.15. The summed E-state index contributed by atoms with van der Waals surface area (Å²) in [6.45, 7) is 11.9. The number of guanidine groups is 1. The van der Waals surface area contributed by atoms with E-state index in [9.17, 15) is 0 Å². The normalized spacial score (nSPS) is 17.3. The zero-order valence-electron chi connectivity index (χ0n) is 17.6. The van der Waals surface area contributed by atoms with E-state index in [1.54, 1.807) is 0 Å². The Bertz CT molecular complexity index is 573. The van der Waals surface area contributed by atoms with E-state index < -0.39 is 0 Å². The summed E-state index contributed by atoms with van der Waals surface area (Å²) in [7, 11) is 4.30. The summed E-state index contributed by atoms with van der Waals surface area (Å²) < 4.78 is 5.51. The van der Waals surface area contributed by atoms with Crippen LogP contribution in [-0.4, -0.2) is 62.2 Å². The second-order valence-corrected chi connectivity index (χ2v) is 7.56. The molecule has 1 aliphatic heterocycles. The van der Waals surface area contributed by atoms with Crippen molar-refractivity contribution in [2.75, 3.05) is 40.4 Å². The number of halogens is 1. The number of aliphatic imine (C=N–C) groups is 1. The van der Waals surface area contributed by atoms with Gasteiger partial charge in [-0.05, 0) is 45.4 Å². The topological polar surface area (TPSA) is 40.1 Å². The van der Waals surface area contributed by atoms with Gasteiger partial charge in [-0.25, -0.2) is 4.99 Å². The van der Waals surface area contributed by atoms with Crippen molar-refractivity contribution < 1.29 is 4.74 Å². The fourth-order valence-corrected chi connectivity index (χ4v) is 3.15. The van der Waals surface area contributed by atoms with Gasteiger partial charge in [-0.1, -0.05) is 24.3 Å². The number of nitrogens with one attached hydrogen (secondary N) is 1. The summed E-state index contributed by atoms with van der Waals surface area (Å²) in [5.41, 5.74) is 2.66. The van der Waals surface area contributed by atoms with Gasteiger partial charge >= 0.3 is 0 Å². The van der Waals surface area contributed by atoms with Crippen molar-refractivity contribution in [3.8, 4) is 0 Å². The second kappa shape index (κ2) is 12.6. The fraction of sp³-hybridized carbons (Fsp3) is 0.667. The Balaban J connectivity index is 0.00000364. The van der Waals surface area contributed by atoms with E-state index in [2.05, 4.69) is 74.2 Å². The van der Waals surface area contributed by atoms with Gasteiger partial charge in [0.25, 0.3) is 0 Å². The Morgan fingerprint density at radius 2 is 1.96 bits per heavy atom. The maximum atomic E-state index is 5.51. The van der Waals surface area contributed by atoms with Crippen LogP contribution in [0.25, 0.3) is 0 Å². The van der Waals surface area contributed by atoms with Crippen LogP contribution in [0.4, 0.5) is 0 Å². The van der Waals surface area contributed by atoms with Crippen LogP contribution >= 0.6 is 24.0 Å². The maximum Gasteiger partial charge on any atom is 0.193 e. The molecule has 0 radical (unpaired) electrons. The van der Waals surface area contributed by atoms with E-state index in [1.165, 1.54) is 11.1 Å². The molecule has 1 aromatic carbocycles. The zero-order chi connectivity index (χ0) is 18.9. The molecule has 1 unspecified atom stereocenters. The average Bonchev–Trinajstić information content (AvgIpc) is 3.12. The van der Waals surface area contributed by atoms with Gasteiger partial charge in [-0.15, -0.1) is 24.0 Å². The van der Waals surface area contributed by atoms with Gasteiger partial charge < -0.3 is 15.0 Å². The number of benzene rings is 1. The van der Waals surface area contributed by atoms with Crippen molar-refractivity contribution in [1.29, 1.82) is 0 Å². The van der Waals surface area contributed by atoms with Crippen molar-refractivity contribution in [2.24, 2.45) is 10.9 Å². The molecule has 2 rings (SSSR count). The van der Waals surface area contributed by atoms with Gasteiger partial charge in [0.2, 0.25) is 0 Å². The highest BCUT2D eigenvalue weighted by Crippen LogP contribution is 2.15. The van der Waals surface area contributed by atoms with Gasteiger partial charge in [-0.2, -0.15) is 0 Å². The summed E-state index contributed by atoms with van der Waals surface area (Å²) in [6.07, 6.45) is 1.15. The lowest BCUT2D eigenvalue weighted by atomic mass is 10.1. The first-order chi connectivity index (χ1) is 12.5. The Morgan fingerprint density at radius 3 is 2.56 bits per heavy atom. The van der Waals surface area contributed by atoms with Crippen molar-refractivity contribution in [1.82, 2.24) is 15.1 Å². The van der Waals surface area contributed by atoms with Crippen LogP contribution in [0.1, 0.15) is 38.3 Å². The maximum absolute atomic E-state index is 5.51.